The van der Waals surface area contributed by atoms with E-state index in [9.17, 15) is 105 Å². The number of fused-ring (bicyclic) bond motifs is 8. The second kappa shape index (κ2) is 45.7. The van der Waals surface area contributed by atoms with Crippen LogP contribution in [-0.2, 0) is 24.7 Å². The summed E-state index contributed by atoms with van der Waals surface area (Å²) in [6.07, 6.45) is 0.288. The smallest absolute Gasteiger partial charge is 0.279 e. The lowest BCUT2D eigenvalue weighted by Crippen LogP contribution is -2.19. The Hall–Kier alpha value is -14.1. The molecular weight excluding hydrogens is 1950 g/mol. The highest BCUT2D eigenvalue weighted by Crippen LogP contribution is 2.50. The Morgan fingerprint density at radius 1 is 0.219 bits per heavy atom. The van der Waals surface area contributed by atoms with Gasteiger partial charge >= 0.3 is 0 Å². The van der Waals surface area contributed by atoms with Crippen LogP contribution < -0.4 is 0 Å². The second-order valence-corrected chi connectivity index (χ2v) is 37.5. The zero-order valence-electron chi connectivity index (χ0n) is 82.4. The quantitative estimate of drug-likeness (QED) is 0.157. The summed E-state index contributed by atoms with van der Waals surface area (Å²) in [6.45, 7) is 28.6. The van der Waals surface area contributed by atoms with Crippen LogP contribution in [0.4, 0.5) is 105 Å². The molecule has 2 heterocycles. The van der Waals surface area contributed by atoms with Crippen LogP contribution in [0.15, 0.2) is 235 Å². The van der Waals surface area contributed by atoms with Crippen LogP contribution >= 0.6 is 11.3 Å². The largest absolute Gasteiger partial charge is 0.450 e. The maximum absolute atomic E-state index is 14.0. The molecule has 20 rings (SSSR count). The summed E-state index contributed by atoms with van der Waals surface area (Å²) in [5, 5.41) is 2.82. The Morgan fingerprint density at radius 2 is 0.493 bits per heavy atom. The lowest BCUT2D eigenvalue weighted by Gasteiger charge is -2.16. The molecule has 0 radical (unpaired) electrons. The summed E-state index contributed by atoms with van der Waals surface area (Å²) in [6, 6.07) is 61.1. The molecule has 0 saturated heterocycles. The molecule has 0 saturated carbocycles. The lowest BCUT2D eigenvalue weighted by molar-refractivity contribution is -0.0482. The maximum atomic E-state index is 14.0. The van der Waals surface area contributed by atoms with E-state index in [1.54, 1.807) is 190 Å². The molecule has 18 aromatic rings. The average molecular weight is 2040 g/mol. The normalized spacial score (nSPS) is 13.3. The number of aryl methyl sites for hydroxylation is 15. The van der Waals surface area contributed by atoms with Gasteiger partial charge in [0, 0.05) is 72.3 Å². The molecule has 0 N–H and O–H groups in total. The van der Waals surface area contributed by atoms with E-state index in [2.05, 4.69) is 0 Å². The number of rotatable bonds is 5. The number of alkyl halides is 4. The van der Waals surface area contributed by atoms with Crippen molar-refractivity contribution in [2.45, 2.75) is 149 Å². The van der Waals surface area contributed by atoms with E-state index >= 15 is 0 Å². The highest BCUT2D eigenvalue weighted by molar-refractivity contribution is 7.25. The zero-order chi connectivity index (χ0) is 107. The SMILES string of the molecule is Cc1c(F)cc2c(c1F)C(F)(F)C(C)C2.Cc1ccc(-c2ccc(C)c(F)c2F)c(F)c1.Cc1ccc(-c2ccc(C)c(F)c2F)cc1.Cc1ccc(-c2ccc(C)c(F)c2F)cc1.Cc1ccc(-c2ccc(C)c(F)c2F)cc1F.Cc1ccc(-c2ccc(C)c(F)c2F)cc1F.Cc1ccc2c(c1F)C(F)(F)C(C)C2.Cc1ccc2c(oc3c(F)c(C)ccc32)c1F.Cc1ccc2c(sc3c(F)c(C)ccc32)c1F. The van der Waals surface area contributed by atoms with E-state index in [1.165, 1.54) is 120 Å². The third-order valence-corrected chi connectivity index (χ3v) is 26.7. The van der Waals surface area contributed by atoms with E-state index in [0.29, 0.717) is 104 Å². The average Bonchev–Trinajstić information content (AvgIpc) is 1.61. The Labute approximate surface area is 833 Å². The monoisotopic (exact) mass is 2040 g/mol. The van der Waals surface area contributed by atoms with Crippen LogP contribution in [0, 0.1) is 239 Å². The molecule has 0 fully saturated rings. The van der Waals surface area contributed by atoms with E-state index < -0.39 is 134 Å². The van der Waals surface area contributed by atoms with Gasteiger partial charge < -0.3 is 4.42 Å². The predicted molar refractivity (Wildman–Crippen MR) is 534 cm³/mol. The number of benzene rings is 16. The van der Waals surface area contributed by atoms with Gasteiger partial charge in [0.25, 0.3) is 11.8 Å². The minimum absolute atomic E-state index is 0.0243. The fraction of sp³-hybridized carbons (Fsp3) is 0.200. The van der Waals surface area contributed by atoms with Crippen LogP contribution in [-0.4, -0.2) is 0 Å². The van der Waals surface area contributed by atoms with Crippen molar-refractivity contribution >= 4 is 53.4 Å². The highest BCUT2D eigenvalue weighted by atomic mass is 32.1. The summed E-state index contributed by atoms with van der Waals surface area (Å²) in [5.41, 5.74) is 10.0. The zero-order valence-corrected chi connectivity index (χ0v) is 83.2. The minimum Gasteiger partial charge on any atom is -0.450 e. The van der Waals surface area contributed by atoms with Gasteiger partial charge in [-0.05, 0) is 254 Å². The first-order valence-electron chi connectivity index (χ1n) is 45.9. The fourth-order valence-electron chi connectivity index (χ4n) is 16.2. The van der Waals surface area contributed by atoms with E-state index in [1.807, 2.05) is 50.2 Å². The molecule has 2 aromatic heterocycles. The molecule has 2 atom stereocenters. The maximum Gasteiger partial charge on any atom is 0.279 e. The summed E-state index contributed by atoms with van der Waals surface area (Å²) in [5.74, 6) is -21.9. The molecule has 0 spiro atoms. The molecule has 2 unspecified atom stereocenters. The number of thiophene rings is 1. The van der Waals surface area contributed by atoms with Gasteiger partial charge in [0.1, 0.15) is 46.5 Å². The van der Waals surface area contributed by atoms with Crippen molar-refractivity contribution in [2.24, 2.45) is 11.8 Å². The molecule has 0 amide bonds. The topological polar surface area (TPSA) is 13.1 Å². The van der Waals surface area contributed by atoms with Crippen molar-refractivity contribution in [3.63, 3.8) is 0 Å². The van der Waals surface area contributed by atoms with Crippen molar-refractivity contribution in [1.29, 1.82) is 0 Å². The van der Waals surface area contributed by atoms with Gasteiger partial charge in [-0.2, -0.15) is 0 Å². The van der Waals surface area contributed by atoms with Crippen molar-refractivity contribution in [3.05, 3.63) is 458 Å². The van der Waals surface area contributed by atoms with Gasteiger partial charge in [-0.25, -0.2) is 105 Å². The molecule has 0 bridgehead atoms. The number of hydrogen-bond donors (Lipinski definition) is 0. The second-order valence-electron chi connectivity index (χ2n) is 36.4. The summed E-state index contributed by atoms with van der Waals surface area (Å²) in [4.78, 5) is 0. The minimum atomic E-state index is -3.18. The Balaban J connectivity index is 0.000000146. The first-order valence-corrected chi connectivity index (χ1v) is 46.7. The Morgan fingerprint density at radius 3 is 0.856 bits per heavy atom. The molecule has 146 heavy (non-hydrogen) atoms. The van der Waals surface area contributed by atoms with Crippen LogP contribution in [0.25, 0.3) is 97.7 Å². The van der Waals surface area contributed by atoms with Crippen molar-refractivity contribution < 1.29 is 110 Å². The fourth-order valence-corrected chi connectivity index (χ4v) is 17.5. The van der Waals surface area contributed by atoms with Gasteiger partial charge in [-0.3, -0.25) is 0 Å². The van der Waals surface area contributed by atoms with Crippen molar-refractivity contribution in [2.75, 3.05) is 0 Å². The van der Waals surface area contributed by atoms with Crippen LogP contribution in [0.5, 0.6) is 0 Å². The molecule has 26 heteroatoms. The van der Waals surface area contributed by atoms with Crippen LogP contribution in [0.2, 0.25) is 0 Å². The van der Waals surface area contributed by atoms with E-state index in [0.717, 1.165) is 33.5 Å². The van der Waals surface area contributed by atoms with Crippen molar-refractivity contribution in [1.82, 2.24) is 0 Å². The summed E-state index contributed by atoms with van der Waals surface area (Å²) < 4.78 is 332. The molecule has 2 aliphatic rings. The van der Waals surface area contributed by atoms with E-state index in [4.69, 9.17) is 4.42 Å². The summed E-state index contributed by atoms with van der Waals surface area (Å²) >= 11 is 1.19. The Kier molecular flexibility index (Phi) is 34.6. The molecule has 16 aromatic carbocycles. The molecule has 2 aliphatic carbocycles. The van der Waals surface area contributed by atoms with Gasteiger partial charge in [0.2, 0.25) is 0 Å². The van der Waals surface area contributed by atoms with Gasteiger partial charge in [-0.15, -0.1) is 11.3 Å². The van der Waals surface area contributed by atoms with E-state index in [-0.39, 0.29) is 96.8 Å². The number of hydrogen-bond acceptors (Lipinski definition) is 2. The molecular formula is C120H98F24OS. The predicted octanol–water partition coefficient (Wildman–Crippen LogP) is 38.1. The molecule has 1 nitrogen and oxygen atoms in total. The summed E-state index contributed by atoms with van der Waals surface area (Å²) in [7, 11) is 0. The van der Waals surface area contributed by atoms with Crippen molar-refractivity contribution in [3.8, 4) is 55.6 Å². The lowest BCUT2D eigenvalue weighted by atomic mass is 10.0. The molecule has 758 valence electrons. The van der Waals surface area contributed by atoms with Crippen LogP contribution in [0.1, 0.15) is 125 Å². The number of halogens is 24. The van der Waals surface area contributed by atoms with Gasteiger partial charge in [-0.1, -0.05) is 231 Å². The third kappa shape index (κ3) is 23.5. The first kappa shape index (κ1) is 111. The van der Waals surface area contributed by atoms with Gasteiger partial charge in [0.05, 0.1) is 20.5 Å². The standard InChI is InChI=1S/3C14H11F3.C14H10F2O.C14H10F2S.2C14H12F2.C11H10F4.C11H11F3/c2*1-8-3-5-10(7-12(8)15)11-6-4-9(2)13(16)14(11)17;1-8-3-5-10(12(15)7-8)11-6-4-9(2)13(16)14(11)17;2*1-7-3-5-9-10-6-4-8(2)12(16)14(10)17-13(9)11(7)15;2*1-9-3-6-11(7-4-9)12-8-5-10(2)13(15)14(12)16;1-5-3-7-4-8(12)6(2)10(13)9(7)11(5,14)15;1-6-3-4-8-5-7(2)11(13,14)9(8)10(6)12/h3*3-7H,1-2H3;2*3-6H,1-2H3;2*3-8H,1-2H3;4-5H,3H2,1-2H3;3-4,7H,5H2,1-2H3. The highest BCUT2D eigenvalue weighted by Gasteiger charge is 2.50. The van der Waals surface area contributed by atoms with Gasteiger partial charge in [0.15, 0.2) is 81.0 Å². The Bertz CT molecular complexity index is 7510. The first-order chi connectivity index (χ1) is 68.7. The third-order valence-electron chi connectivity index (χ3n) is 25.5. The number of furan rings is 1. The molecule has 0 aliphatic heterocycles. The van der Waals surface area contributed by atoms with Crippen LogP contribution in [0.3, 0.4) is 0 Å².